The quantitative estimate of drug-likeness (QED) is 0.639. The Kier molecular flexibility index (Phi) is 5.91. The Bertz CT molecular complexity index is 479. The van der Waals surface area contributed by atoms with Gasteiger partial charge >= 0.3 is 0 Å². The zero-order valence-corrected chi connectivity index (χ0v) is 12.4. The Morgan fingerprint density at radius 1 is 1.53 bits per heavy atom. The molecule has 0 aliphatic heterocycles. The molecule has 1 amide bonds. The van der Waals surface area contributed by atoms with Gasteiger partial charge in [0.15, 0.2) is 0 Å². The molecule has 7 heteroatoms. The van der Waals surface area contributed by atoms with Gasteiger partial charge in [-0.2, -0.15) is 0 Å². The van der Waals surface area contributed by atoms with Gasteiger partial charge in [-0.1, -0.05) is 13.0 Å². The summed E-state index contributed by atoms with van der Waals surface area (Å²) in [6.07, 6.45) is 0. The van der Waals surface area contributed by atoms with E-state index < -0.39 is 4.92 Å². The number of halogens is 1. The molecule has 0 saturated carbocycles. The molecule has 0 aromatic heterocycles. The number of carbonyl (C=O) groups is 1. The standard InChI is InChI=1S/C12H16BrN3O3/c1-3-15(8-12(17)14-2)7-9-4-5-10(13)11(6-9)16(18)19/h4-6H,3,7-8H2,1-2H3,(H,14,17). The molecule has 0 bridgehead atoms. The van der Waals surface area contributed by atoms with E-state index in [9.17, 15) is 14.9 Å². The van der Waals surface area contributed by atoms with Crippen molar-refractivity contribution in [2.24, 2.45) is 0 Å². The Labute approximate surface area is 120 Å². The molecule has 0 heterocycles. The van der Waals surface area contributed by atoms with E-state index in [2.05, 4.69) is 21.2 Å². The zero-order chi connectivity index (χ0) is 14.4. The number of nitro groups is 1. The number of nitrogens with one attached hydrogen (secondary N) is 1. The molecule has 6 nitrogen and oxygen atoms in total. The van der Waals surface area contributed by atoms with Crippen LogP contribution in [0.3, 0.4) is 0 Å². The van der Waals surface area contributed by atoms with Crippen LogP contribution in [0.4, 0.5) is 5.69 Å². The summed E-state index contributed by atoms with van der Waals surface area (Å²) in [6.45, 7) is 3.41. The van der Waals surface area contributed by atoms with Crippen LogP contribution in [0.15, 0.2) is 22.7 Å². The largest absolute Gasteiger partial charge is 0.358 e. The third kappa shape index (κ3) is 4.60. The highest BCUT2D eigenvalue weighted by atomic mass is 79.9. The first-order chi connectivity index (χ1) is 8.97. The van der Waals surface area contributed by atoms with Crippen molar-refractivity contribution in [1.82, 2.24) is 10.2 Å². The van der Waals surface area contributed by atoms with E-state index in [0.29, 0.717) is 17.6 Å². The first kappa shape index (κ1) is 15.6. The van der Waals surface area contributed by atoms with Crippen LogP contribution in [0.2, 0.25) is 0 Å². The predicted octanol–water partition coefficient (Wildman–Crippen LogP) is 1.93. The maximum Gasteiger partial charge on any atom is 0.283 e. The van der Waals surface area contributed by atoms with E-state index in [1.165, 1.54) is 6.07 Å². The molecule has 0 saturated heterocycles. The third-order valence-corrected chi connectivity index (χ3v) is 3.38. The molecule has 0 radical (unpaired) electrons. The fourth-order valence-electron chi connectivity index (χ4n) is 1.62. The van der Waals surface area contributed by atoms with Crippen molar-refractivity contribution in [1.29, 1.82) is 0 Å². The Morgan fingerprint density at radius 3 is 2.74 bits per heavy atom. The molecule has 0 fully saturated rings. The van der Waals surface area contributed by atoms with Gasteiger partial charge in [-0.25, -0.2) is 0 Å². The van der Waals surface area contributed by atoms with Gasteiger partial charge in [0.05, 0.1) is 15.9 Å². The molecule has 0 aliphatic carbocycles. The SMILES string of the molecule is CCN(CC(=O)NC)Cc1ccc(Br)c([N+](=O)[O-])c1. The van der Waals surface area contributed by atoms with Crippen LogP contribution in [-0.4, -0.2) is 35.9 Å². The summed E-state index contributed by atoms with van der Waals surface area (Å²) in [4.78, 5) is 23.7. The molecule has 0 unspecified atom stereocenters. The van der Waals surface area contributed by atoms with E-state index in [1.807, 2.05) is 17.9 Å². The van der Waals surface area contributed by atoms with Crippen molar-refractivity contribution >= 4 is 27.5 Å². The summed E-state index contributed by atoms with van der Waals surface area (Å²) in [5.41, 5.74) is 0.842. The van der Waals surface area contributed by atoms with E-state index in [0.717, 1.165) is 5.56 Å². The van der Waals surface area contributed by atoms with Gasteiger partial charge in [0.2, 0.25) is 5.91 Å². The summed E-state index contributed by atoms with van der Waals surface area (Å²) in [5.74, 6) is -0.0755. The molecule has 0 aliphatic rings. The van der Waals surface area contributed by atoms with E-state index in [1.54, 1.807) is 13.1 Å². The molecular weight excluding hydrogens is 314 g/mol. The van der Waals surface area contributed by atoms with Crippen LogP contribution in [0.25, 0.3) is 0 Å². The van der Waals surface area contributed by atoms with Crippen molar-refractivity contribution in [2.75, 3.05) is 20.1 Å². The molecule has 19 heavy (non-hydrogen) atoms. The normalized spacial score (nSPS) is 10.5. The lowest BCUT2D eigenvalue weighted by atomic mass is 10.2. The first-order valence-corrected chi connectivity index (χ1v) is 6.63. The van der Waals surface area contributed by atoms with Gasteiger partial charge in [0, 0.05) is 19.7 Å². The van der Waals surface area contributed by atoms with Crippen molar-refractivity contribution < 1.29 is 9.72 Å². The fraction of sp³-hybridized carbons (Fsp3) is 0.417. The van der Waals surface area contributed by atoms with Crippen molar-refractivity contribution in [3.63, 3.8) is 0 Å². The van der Waals surface area contributed by atoms with Gasteiger partial charge in [0.1, 0.15) is 0 Å². The molecule has 1 rings (SSSR count). The zero-order valence-electron chi connectivity index (χ0n) is 10.9. The van der Waals surface area contributed by atoms with Gasteiger partial charge in [-0.3, -0.25) is 19.8 Å². The second-order valence-electron chi connectivity index (χ2n) is 4.02. The van der Waals surface area contributed by atoms with Crippen LogP contribution in [-0.2, 0) is 11.3 Å². The molecule has 0 atom stereocenters. The number of nitrogens with zero attached hydrogens (tertiary/aromatic N) is 2. The van der Waals surface area contributed by atoms with Crippen LogP contribution < -0.4 is 5.32 Å². The molecular formula is C12H16BrN3O3. The summed E-state index contributed by atoms with van der Waals surface area (Å²) in [7, 11) is 1.58. The van der Waals surface area contributed by atoms with Crippen LogP contribution in [0.5, 0.6) is 0 Å². The highest BCUT2D eigenvalue weighted by molar-refractivity contribution is 9.10. The van der Waals surface area contributed by atoms with E-state index >= 15 is 0 Å². The monoisotopic (exact) mass is 329 g/mol. The maximum atomic E-state index is 11.3. The summed E-state index contributed by atoms with van der Waals surface area (Å²) >= 11 is 3.15. The second kappa shape index (κ2) is 7.20. The third-order valence-electron chi connectivity index (χ3n) is 2.71. The van der Waals surface area contributed by atoms with Crippen LogP contribution in [0, 0.1) is 10.1 Å². The molecule has 104 valence electrons. The lowest BCUT2D eigenvalue weighted by Gasteiger charge is -2.19. The maximum absolute atomic E-state index is 11.3. The Balaban J connectivity index is 2.83. The van der Waals surface area contributed by atoms with Gasteiger partial charge in [0.25, 0.3) is 5.69 Å². The number of likely N-dealkylation sites (N-methyl/N-ethyl adjacent to an activating group) is 2. The Hall–Kier alpha value is -1.47. The van der Waals surface area contributed by atoms with Crippen LogP contribution in [0.1, 0.15) is 12.5 Å². The number of benzene rings is 1. The van der Waals surface area contributed by atoms with Crippen molar-refractivity contribution in [2.45, 2.75) is 13.5 Å². The fourth-order valence-corrected chi connectivity index (χ4v) is 2.01. The predicted molar refractivity (Wildman–Crippen MR) is 75.8 cm³/mol. The average molecular weight is 330 g/mol. The summed E-state index contributed by atoms with van der Waals surface area (Å²) < 4.78 is 0.454. The summed E-state index contributed by atoms with van der Waals surface area (Å²) in [5, 5.41) is 13.4. The van der Waals surface area contributed by atoms with E-state index in [-0.39, 0.29) is 18.1 Å². The van der Waals surface area contributed by atoms with Crippen LogP contribution >= 0.6 is 15.9 Å². The second-order valence-corrected chi connectivity index (χ2v) is 4.87. The highest BCUT2D eigenvalue weighted by Gasteiger charge is 2.14. The molecule has 1 aromatic rings. The van der Waals surface area contributed by atoms with Crippen molar-refractivity contribution in [3.8, 4) is 0 Å². The number of rotatable bonds is 6. The molecule has 1 N–H and O–H groups in total. The first-order valence-electron chi connectivity index (χ1n) is 5.83. The van der Waals surface area contributed by atoms with Gasteiger partial charge in [-0.05, 0) is 34.1 Å². The number of nitro benzene ring substituents is 1. The topological polar surface area (TPSA) is 75.5 Å². The lowest BCUT2D eigenvalue weighted by Crippen LogP contribution is -2.35. The number of amides is 1. The minimum atomic E-state index is -0.428. The summed E-state index contributed by atoms with van der Waals surface area (Å²) in [6, 6.07) is 4.99. The average Bonchev–Trinajstić information content (AvgIpc) is 2.39. The number of hydrogen-bond acceptors (Lipinski definition) is 4. The number of hydrogen-bond donors (Lipinski definition) is 1. The smallest absolute Gasteiger partial charge is 0.283 e. The lowest BCUT2D eigenvalue weighted by molar-refractivity contribution is -0.385. The minimum Gasteiger partial charge on any atom is -0.358 e. The molecule has 0 spiro atoms. The molecule has 1 aromatic carbocycles. The van der Waals surface area contributed by atoms with Crippen molar-refractivity contribution in [3.05, 3.63) is 38.3 Å². The highest BCUT2D eigenvalue weighted by Crippen LogP contribution is 2.26. The van der Waals surface area contributed by atoms with Gasteiger partial charge in [-0.15, -0.1) is 0 Å². The van der Waals surface area contributed by atoms with E-state index in [4.69, 9.17) is 0 Å². The Morgan fingerprint density at radius 2 is 2.21 bits per heavy atom. The van der Waals surface area contributed by atoms with Gasteiger partial charge < -0.3 is 5.32 Å². The number of carbonyl (C=O) groups excluding carboxylic acids is 1. The minimum absolute atomic E-state index is 0.0356.